The highest BCUT2D eigenvalue weighted by Crippen LogP contribution is 2.29. The zero-order valence-corrected chi connectivity index (χ0v) is 23.9. The first kappa shape index (κ1) is 34.9. The van der Waals surface area contributed by atoms with E-state index in [1.807, 2.05) is 0 Å². The zero-order chi connectivity index (χ0) is 32.6. The summed E-state index contributed by atoms with van der Waals surface area (Å²) in [6.07, 6.45) is 1.48. The van der Waals surface area contributed by atoms with E-state index < -0.39 is 28.6 Å². The van der Waals surface area contributed by atoms with Gasteiger partial charge in [-0.3, -0.25) is 34.3 Å². The van der Waals surface area contributed by atoms with Crippen LogP contribution >= 0.6 is 0 Å². The van der Waals surface area contributed by atoms with Crippen LogP contribution in [0.3, 0.4) is 0 Å². The van der Waals surface area contributed by atoms with E-state index in [9.17, 15) is 33.3 Å². The van der Waals surface area contributed by atoms with Gasteiger partial charge in [0.25, 0.3) is 12.4 Å². The van der Waals surface area contributed by atoms with Crippen LogP contribution in [0.1, 0.15) is 5.76 Å². The summed E-state index contributed by atoms with van der Waals surface area (Å²) in [6.45, 7) is 1.95. The number of carbonyl (C=O) groups excluding carboxylic acids is 3. The number of hydroxylamine groups is 2. The number of amides is 2. The molecular formula is C26H33F2N7O9. The smallest absolute Gasteiger partial charge is 0.433 e. The number of amidine groups is 1. The minimum atomic E-state index is -0.822. The summed E-state index contributed by atoms with van der Waals surface area (Å²) in [5.41, 5.74) is 5.48. The Bertz CT molecular complexity index is 1320. The van der Waals surface area contributed by atoms with E-state index in [2.05, 4.69) is 14.7 Å². The number of nitro groups is 1. The quantitative estimate of drug-likeness (QED) is 0.0717. The second kappa shape index (κ2) is 17.6. The molecule has 1 aliphatic rings. The van der Waals surface area contributed by atoms with E-state index in [1.54, 1.807) is 20.0 Å². The van der Waals surface area contributed by atoms with Crippen LogP contribution in [0.5, 0.6) is 0 Å². The number of hydrogen-bond acceptors (Lipinski definition) is 12. The number of carbonyl (C=O) groups is 3. The Morgan fingerprint density at radius 3 is 2.55 bits per heavy atom. The summed E-state index contributed by atoms with van der Waals surface area (Å²) in [5, 5.41) is 21.9. The summed E-state index contributed by atoms with van der Waals surface area (Å²) < 4.78 is 39.6. The Morgan fingerprint density at radius 1 is 1.30 bits per heavy atom. The molecule has 0 radical (unpaired) electrons. The van der Waals surface area contributed by atoms with Crippen LogP contribution in [-0.4, -0.2) is 98.7 Å². The van der Waals surface area contributed by atoms with Gasteiger partial charge in [0.1, 0.15) is 28.3 Å². The predicted octanol–water partition coefficient (Wildman–Crippen LogP) is 1.19. The van der Waals surface area contributed by atoms with Crippen molar-refractivity contribution < 1.29 is 47.2 Å². The van der Waals surface area contributed by atoms with Crippen molar-refractivity contribution in [2.45, 2.75) is 13.0 Å². The van der Waals surface area contributed by atoms with Gasteiger partial charge in [-0.2, -0.15) is 0 Å². The topological polar surface area (TPSA) is 206 Å². The van der Waals surface area contributed by atoms with Gasteiger partial charge < -0.3 is 35.1 Å². The summed E-state index contributed by atoms with van der Waals surface area (Å²) in [7, 11) is 1.56. The Kier molecular flexibility index (Phi) is 14.0. The number of likely N-dealkylation sites (N-methyl/N-ethyl adjacent to an activating group) is 1. The molecule has 3 rings (SSSR count). The molecule has 0 saturated carbocycles. The molecule has 1 aliphatic heterocycles. The van der Waals surface area contributed by atoms with E-state index in [0.29, 0.717) is 18.4 Å². The lowest BCUT2D eigenvalue weighted by molar-refractivity contribution is -0.402. The minimum Gasteiger partial charge on any atom is -0.515 e. The van der Waals surface area contributed by atoms with Crippen LogP contribution in [0.25, 0.3) is 0 Å². The maximum Gasteiger partial charge on any atom is 0.433 e. The zero-order valence-electron chi connectivity index (χ0n) is 23.9. The van der Waals surface area contributed by atoms with E-state index in [4.69, 9.17) is 20.4 Å². The molecule has 2 heterocycles. The van der Waals surface area contributed by atoms with Crippen LogP contribution in [0.4, 0.5) is 26.0 Å². The average Bonchev–Trinajstić information content (AvgIpc) is 3.28. The summed E-state index contributed by atoms with van der Waals surface area (Å²) >= 11 is 0. The number of hydrogen-bond donors (Lipinski definition) is 3. The molecular weight excluding hydrogens is 592 g/mol. The number of furan rings is 1. The van der Waals surface area contributed by atoms with Crippen molar-refractivity contribution in [2.75, 3.05) is 62.7 Å². The Balaban J connectivity index is 0.000000639. The molecule has 1 fully saturated rings. The lowest BCUT2D eigenvalue weighted by Gasteiger charge is -2.27. The number of benzene rings is 1. The number of rotatable bonds is 13. The van der Waals surface area contributed by atoms with Crippen molar-refractivity contribution >= 4 is 41.9 Å². The average molecular weight is 626 g/mol. The number of anilines is 2. The lowest BCUT2D eigenvalue weighted by atomic mass is 10.2. The normalized spacial score (nSPS) is 14.2. The van der Waals surface area contributed by atoms with Crippen LogP contribution < -0.4 is 20.9 Å². The standard InChI is InChI=1S/C21H28F2N6O6.C5H5NO3/c1-27(12-16(34-14-32)10-26-19(24)2-6-30)15-8-17(22)21(18(23)9-15)28-3-4-29(35-7-5-28)20(33)11-25-13-31;1-4-2-3-5(9-4)6(7)8/h2,6,8-9,13-14,16,30H,3-5,7,10-12H2,1H3,(H2,24,26)(H,25,31);2-3H,1H3/b6-2-;/t16-;/m0./s1. The fourth-order valence-corrected chi connectivity index (χ4v) is 3.85. The van der Waals surface area contributed by atoms with E-state index >= 15 is 0 Å². The molecule has 240 valence electrons. The number of nitrogens with zero attached hydrogens (tertiary/aromatic N) is 5. The molecule has 44 heavy (non-hydrogen) atoms. The van der Waals surface area contributed by atoms with E-state index in [-0.39, 0.29) is 75.4 Å². The van der Waals surface area contributed by atoms with Crippen LogP contribution in [0.2, 0.25) is 0 Å². The molecule has 0 spiro atoms. The number of nitrogens with one attached hydrogen (secondary N) is 1. The number of aliphatic hydroxyl groups is 1. The first-order chi connectivity index (χ1) is 21.0. The van der Waals surface area contributed by atoms with Crippen LogP contribution in [0, 0.1) is 28.7 Å². The maximum absolute atomic E-state index is 15.0. The molecule has 0 aliphatic carbocycles. The second-order valence-electron chi connectivity index (χ2n) is 9.03. The molecule has 1 saturated heterocycles. The third-order valence-electron chi connectivity index (χ3n) is 5.91. The third kappa shape index (κ3) is 10.9. The SMILES string of the molecule is CN(C[C@H](CN=C(N)/C=C\O)OC=O)c1cc(F)c(N2CCON(C(=O)CNC=O)CC2)c(F)c1.Cc1ccc([N+](=O)[O-])o1. The largest absolute Gasteiger partial charge is 0.515 e. The van der Waals surface area contributed by atoms with Gasteiger partial charge in [0.05, 0.1) is 45.1 Å². The van der Waals surface area contributed by atoms with Crippen molar-refractivity contribution in [3.8, 4) is 0 Å². The third-order valence-corrected chi connectivity index (χ3v) is 5.91. The highest BCUT2D eigenvalue weighted by molar-refractivity contribution is 5.91. The summed E-state index contributed by atoms with van der Waals surface area (Å²) in [5.74, 6) is -1.76. The number of aliphatic imine (C=N–C) groups is 1. The first-order valence-electron chi connectivity index (χ1n) is 13.0. The molecule has 0 bridgehead atoms. The Labute approximate surface area is 250 Å². The van der Waals surface area contributed by atoms with Gasteiger partial charge in [-0.1, -0.05) is 0 Å². The number of halogens is 2. The Hall–Kier alpha value is -5.26. The predicted molar refractivity (Wildman–Crippen MR) is 153 cm³/mol. The number of ether oxygens (including phenoxy) is 1. The van der Waals surface area contributed by atoms with Crippen molar-refractivity contribution in [3.05, 3.63) is 64.1 Å². The Morgan fingerprint density at radius 2 is 2.00 bits per heavy atom. The van der Waals surface area contributed by atoms with Crippen molar-refractivity contribution in [1.82, 2.24) is 10.4 Å². The number of aryl methyl sites for hydroxylation is 1. The molecule has 16 nitrogen and oxygen atoms in total. The van der Waals surface area contributed by atoms with Crippen molar-refractivity contribution in [1.29, 1.82) is 0 Å². The van der Waals surface area contributed by atoms with Gasteiger partial charge in [0, 0.05) is 31.9 Å². The molecule has 18 heteroatoms. The number of aliphatic hydroxyl groups excluding tert-OH is 1. The van der Waals surface area contributed by atoms with Crippen LogP contribution in [0.15, 0.2) is 46.0 Å². The second-order valence-corrected chi connectivity index (χ2v) is 9.03. The fraction of sp³-hybridized carbons (Fsp3) is 0.385. The molecule has 1 aromatic carbocycles. The van der Waals surface area contributed by atoms with E-state index in [1.165, 1.54) is 15.9 Å². The number of nitrogens with two attached hydrogens (primary N) is 1. The first-order valence-corrected chi connectivity index (χ1v) is 13.0. The molecule has 1 atom stereocenters. The van der Waals surface area contributed by atoms with Gasteiger partial charge >= 0.3 is 5.88 Å². The summed E-state index contributed by atoms with van der Waals surface area (Å²) in [4.78, 5) is 54.8. The van der Waals surface area contributed by atoms with Crippen molar-refractivity contribution in [3.63, 3.8) is 0 Å². The van der Waals surface area contributed by atoms with Crippen LogP contribution in [-0.2, 0) is 24.0 Å². The molecule has 1 aromatic heterocycles. The lowest BCUT2D eigenvalue weighted by Crippen LogP contribution is -2.39. The van der Waals surface area contributed by atoms with Gasteiger partial charge in [0.15, 0.2) is 11.6 Å². The van der Waals surface area contributed by atoms with Gasteiger partial charge in [-0.25, -0.2) is 13.8 Å². The molecule has 2 aromatic rings. The van der Waals surface area contributed by atoms with E-state index in [0.717, 1.165) is 23.3 Å². The van der Waals surface area contributed by atoms with Gasteiger partial charge in [-0.05, 0) is 25.1 Å². The molecule has 0 unspecified atom stereocenters. The summed E-state index contributed by atoms with van der Waals surface area (Å²) in [6, 6.07) is 5.17. The molecule has 4 N–H and O–H groups in total. The molecule has 2 amide bonds. The highest BCUT2D eigenvalue weighted by Gasteiger charge is 2.25. The highest BCUT2D eigenvalue weighted by atomic mass is 19.1. The fourth-order valence-electron chi connectivity index (χ4n) is 3.85. The van der Waals surface area contributed by atoms with Gasteiger partial charge in [-0.15, -0.1) is 0 Å². The maximum atomic E-state index is 15.0. The minimum absolute atomic E-state index is 0.00714. The van der Waals surface area contributed by atoms with Crippen molar-refractivity contribution in [2.24, 2.45) is 10.7 Å². The monoisotopic (exact) mass is 625 g/mol. The van der Waals surface area contributed by atoms with Gasteiger partial charge in [0.2, 0.25) is 6.41 Å².